The van der Waals surface area contributed by atoms with Gasteiger partial charge in [-0.3, -0.25) is 9.78 Å². The molecule has 3 atom stereocenters. The minimum Gasteiger partial charge on any atom is -0.364 e. The standard InChI is InChI=1S/C33H38N4O2/c1-25(2)33(24-34,29-19-10-12-22-36-29)21-11-9-20-30(38)37(23-13-18-28(37)32(35)39)31(26-14-5-3-6-15-26)27-16-7-4-8-17-27/h3-8,10,12,14-17,19,22,25,28,31H,9,11,13,18,20-21,23H2,1-2H3,(H-,35,39)/p+1/t28?,33?,37-/m1/s1. The van der Waals surface area contributed by atoms with Gasteiger partial charge in [-0.1, -0.05) is 87.0 Å². The highest BCUT2D eigenvalue weighted by atomic mass is 16.2. The normalized spacial score (nSPS) is 20.4. The van der Waals surface area contributed by atoms with Crippen molar-refractivity contribution in [2.75, 3.05) is 6.54 Å². The third-order valence-electron chi connectivity index (χ3n) is 8.56. The summed E-state index contributed by atoms with van der Waals surface area (Å²) in [5, 5.41) is 10.2. The van der Waals surface area contributed by atoms with E-state index in [4.69, 9.17) is 5.73 Å². The van der Waals surface area contributed by atoms with Crippen LogP contribution in [0, 0.1) is 17.2 Å². The maximum Gasteiger partial charge on any atom is 0.315 e. The molecule has 2 N–H and O–H groups in total. The Morgan fingerprint density at radius 3 is 2.13 bits per heavy atom. The fraction of sp³-hybridized carbons (Fsp3) is 0.394. The van der Waals surface area contributed by atoms with Gasteiger partial charge < -0.3 is 5.73 Å². The van der Waals surface area contributed by atoms with Gasteiger partial charge in [0.2, 0.25) is 0 Å². The number of nitrogens with two attached hydrogens (primary N) is 1. The van der Waals surface area contributed by atoms with Crippen LogP contribution in [0.3, 0.4) is 0 Å². The molecule has 2 amide bonds. The molecule has 0 bridgehead atoms. The molecule has 2 unspecified atom stereocenters. The average molecular weight is 524 g/mol. The van der Waals surface area contributed by atoms with Gasteiger partial charge in [-0.25, -0.2) is 9.28 Å². The van der Waals surface area contributed by atoms with Crippen molar-refractivity contribution < 1.29 is 14.1 Å². The van der Waals surface area contributed by atoms with E-state index in [0.29, 0.717) is 38.6 Å². The molecule has 6 nitrogen and oxygen atoms in total. The van der Waals surface area contributed by atoms with E-state index in [2.05, 4.69) is 24.9 Å². The van der Waals surface area contributed by atoms with E-state index in [1.165, 1.54) is 0 Å². The molecule has 202 valence electrons. The van der Waals surface area contributed by atoms with Gasteiger partial charge in [0.05, 0.1) is 24.7 Å². The van der Waals surface area contributed by atoms with Crippen molar-refractivity contribution >= 4 is 11.8 Å². The molecule has 2 heterocycles. The highest BCUT2D eigenvalue weighted by Crippen LogP contribution is 2.44. The number of hydrogen-bond acceptors (Lipinski definition) is 4. The number of quaternary nitrogens is 1. The molecule has 39 heavy (non-hydrogen) atoms. The summed E-state index contributed by atoms with van der Waals surface area (Å²) in [5.41, 5.74) is 8.05. The Morgan fingerprint density at radius 2 is 1.62 bits per heavy atom. The summed E-state index contributed by atoms with van der Waals surface area (Å²) in [7, 11) is 0. The number of pyridine rings is 1. The highest BCUT2D eigenvalue weighted by Gasteiger charge is 2.56. The fourth-order valence-corrected chi connectivity index (χ4v) is 6.52. The Kier molecular flexibility index (Phi) is 8.93. The van der Waals surface area contributed by atoms with Gasteiger partial charge >= 0.3 is 5.91 Å². The summed E-state index contributed by atoms with van der Waals surface area (Å²) >= 11 is 0. The molecule has 1 aromatic heterocycles. The number of aromatic nitrogens is 1. The van der Waals surface area contributed by atoms with Crippen LogP contribution in [-0.4, -0.2) is 33.9 Å². The second-order valence-electron chi connectivity index (χ2n) is 11.0. The number of nitriles is 1. The minimum absolute atomic E-state index is 0.0250. The second kappa shape index (κ2) is 12.4. The molecule has 1 fully saturated rings. The fourth-order valence-electron chi connectivity index (χ4n) is 6.52. The molecular formula is C33H39N4O2+. The number of hydrogen-bond donors (Lipinski definition) is 1. The third-order valence-corrected chi connectivity index (χ3v) is 8.56. The average Bonchev–Trinajstić information content (AvgIpc) is 3.41. The number of primary amides is 1. The minimum atomic E-state index is -0.712. The molecule has 4 rings (SSSR count). The molecule has 0 saturated carbocycles. The lowest BCUT2D eigenvalue weighted by molar-refractivity contribution is -0.882. The topological polar surface area (TPSA) is 96.8 Å². The zero-order valence-corrected chi connectivity index (χ0v) is 23.0. The zero-order chi connectivity index (χ0) is 27.9. The van der Waals surface area contributed by atoms with Crippen LogP contribution in [-0.2, 0) is 15.0 Å². The third kappa shape index (κ3) is 5.51. The number of benzene rings is 2. The Bertz CT molecular complexity index is 1250. The number of amides is 2. The SMILES string of the molecule is CC(C)C(C#N)(CCCCC(=O)[N@@+]1(C(c2ccccc2)c2ccccc2)CCCC1C(N)=O)c1ccccn1. The lowest BCUT2D eigenvalue weighted by Gasteiger charge is -2.43. The van der Waals surface area contributed by atoms with Gasteiger partial charge in [-0.05, 0) is 30.9 Å². The Hall–Kier alpha value is -3.82. The van der Waals surface area contributed by atoms with Crippen molar-refractivity contribution in [3.63, 3.8) is 0 Å². The molecule has 1 saturated heterocycles. The molecule has 3 aromatic rings. The lowest BCUT2D eigenvalue weighted by atomic mass is 9.72. The van der Waals surface area contributed by atoms with E-state index in [-0.39, 0.29) is 22.3 Å². The van der Waals surface area contributed by atoms with Crippen LogP contribution in [0.25, 0.3) is 0 Å². The first-order chi connectivity index (χ1) is 18.9. The largest absolute Gasteiger partial charge is 0.364 e. The van der Waals surface area contributed by atoms with Crippen molar-refractivity contribution in [2.24, 2.45) is 11.7 Å². The van der Waals surface area contributed by atoms with Crippen molar-refractivity contribution in [1.82, 2.24) is 4.98 Å². The van der Waals surface area contributed by atoms with Crippen LogP contribution in [0.1, 0.15) is 75.2 Å². The molecule has 2 aromatic carbocycles. The number of nitrogens with zero attached hydrogens (tertiary/aromatic N) is 3. The predicted octanol–water partition coefficient (Wildman–Crippen LogP) is 5.84. The first-order valence-corrected chi connectivity index (χ1v) is 14.0. The predicted molar refractivity (Wildman–Crippen MR) is 152 cm³/mol. The number of unbranched alkanes of at least 4 members (excludes halogenated alkanes) is 1. The molecular weight excluding hydrogens is 484 g/mol. The van der Waals surface area contributed by atoms with Gasteiger partial charge in [0, 0.05) is 30.2 Å². The molecule has 0 aliphatic carbocycles. The van der Waals surface area contributed by atoms with Crippen LogP contribution >= 0.6 is 0 Å². The zero-order valence-electron chi connectivity index (χ0n) is 23.0. The summed E-state index contributed by atoms with van der Waals surface area (Å²) in [5.74, 6) is -0.306. The van der Waals surface area contributed by atoms with E-state index in [1.807, 2.05) is 78.9 Å². The Balaban J connectivity index is 1.63. The quantitative estimate of drug-likeness (QED) is 0.252. The Labute approximate surface area is 232 Å². The van der Waals surface area contributed by atoms with Crippen LogP contribution in [0.4, 0.5) is 0 Å². The maximum atomic E-state index is 14.4. The first kappa shape index (κ1) is 28.2. The Morgan fingerprint density at radius 1 is 1.00 bits per heavy atom. The van der Waals surface area contributed by atoms with Gasteiger partial charge in [-0.15, -0.1) is 0 Å². The van der Waals surface area contributed by atoms with Crippen molar-refractivity contribution in [3.05, 3.63) is 102 Å². The van der Waals surface area contributed by atoms with Crippen LogP contribution in [0.5, 0.6) is 0 Å². The van der Waals surface area contributed by atoms with E-state index in [1.54, 1.807) is 6.20 Å². The van der Waals surface area contributed by atoms with Crippen LogP contribution < -0.4 is 5.73 Å². The number of likely N-dealkylation sites (tertiary alicyclic amines) is 1. The first-order valence-electron chi connectivity index (χ1n) is 14.0. The second-order valence-corrected chi connectivity index (χ2v) is 11.0. The molecule has 1 aliphatic heterocycles. The molecule has 0 radical (unpaired) electrons. The monoisotopic (exact) mass is 523 g/mol. The van der Waals surface area contributed by atoms with Crippen molar-refractivity contribution in [1.29, 1.82) is 5.26 Å². The smallest absolute Gasteiger partial charge is 0.315 e. The molecule has 0 spiro atoms. The van der Waals surface area contributed by atoms with Gasteiger partial charge in [0.1, 0.15) is 11.5 Å². The highest BCUT2D eigenvalue weighted by molar-refractivity contribution is 5.82. The molecule has 6 heteroatoms. The summed E-state index contributed by atoms with van der Waals surface area (Å²) in [4.78, 5) is 31.7. The lowest BCUT2D eigenvalue weighted by Crippen LogP contribution is -2.62. The summed E-state index contributed by atoms with van der Waals surface area (Å²) in [6.07, 6.45) is 5.36. The number of carbonyl (C=O) groups excluding carboxylic acids is 2. The van der Waals surface area contributed by atoms with Crippen LogP contribution in [0.2, 0.25) is 0 Å². The van der Waals surface area contributed by atoms with E-state index >= 15 is 0 Å². The van der Waals surface area contributed by atoms with Crippen LogP contribution in [0.15, 0.2) is 85.1 Å². The van der Waals surface area contributed by atoms with Gasteiger partial charge in [-0.2, -0.15) is 5.26 Å². The van der Waals surface area contributed by atoms with E-state index < -0.39 is 17.4 Å². The van der Waals surface area contributed by atoms with Gasteiger partial charge in [0.15, 0.2) is 6.04 Å². The van der Waals surface area contributed by atoms with E-state index in [0.717, 1.165) is 23.2 Å². The number of rotatable bonds is 11. The maximum absolute atomic E-state index is 14.4. The van der Waals surface area contributed by atoms with E-state index in [9.17, 15) is 14.9 Å². The summed E-state index contributed by atoms with van der Waals surface area (Å²) in [6, 6.07) is 27.3. The summed E-state index contributed by atoms with van der Waals surface area (Å²) < 4.78 is 0.0250. The molecule has 1 aliphatic rings. The van der Waals surface area contributed by atoms with Gasteiger partial charge in [0.25, 0.3) is 5.91 Å². The summed E-state index contributed by atoms with van der Waals surface area (Å²) in [6.45, 7) is 4.67. The van der Waals surface area contributed by atoms with Crippen molar-refractivity contribution in [3.8, 4) is 6.07 Å². The van der Waals surface area contributed by atoms with Crippen molar-refractivity contribution in [2.45, 2.75) is 69.9 Å². The number of carbonyl (C=O) groups is 2.